The summed E-state index contributed by atoms with van der Waals surface area (Å²) in [5, 5.41) is 45.2. The van der Waals surface area contributed by atoms with Crippen molar-refractivity contribution in [1.29, 1.82) is 0 Å². The van der Waals surface area contributed by atoms with Crippen LogP contribution in [-0.4, -0.2) is 99.3 Å². The second-order valence-corrected chi connectivity index (χ2v) is 12.4. The highest BCUT2D eigenvalue weighted by atomic mass is 16.6. The number of H-pyrrole nitrogens is 1. The average Bonchev–Trinajstić information content (AvgIpc) is 3.98. The quantitative estimate of drug-likeness (QED) is 0.122. The molecule has 6 N–H and O–H groups in total. The predicted molar refractivity (Wildman–Crippen MR) is 185 cm³/mol. The van der Waals surface area contributed by atoms with Crippen molar-refractivity contribution in [1.82, 2.24) is 50.4 Å². The molecule has 2 aliphatic rings. The number of nitrogens with zero attached hydrogens (tertiary/aromatic N) is 9. The number of aliphatic hydroxyl groups is 2. The molecule has 2 aromatic carbocycles. The molecule has 8 rings (SSSR count). The number of hydrogen-bond donors (Lipinski definition) is 6. The van der Waals surface area contributed by atoms with Gasteiger partial charge in [0.1, 0.15) is 12.2 Å². The van der Waals surface area contributed by atoms with E-state index in [0.717, 1.165) is 11.1 Å². The van der Waals surface area contributed by atoms with Gasteiger partial charge < -0.3 is 35.8 Å². The third kappa shape index (κ3) is 6.64. The van der Waals surface area contributed by atoms with Crippen LogP contribution in [0.2, 0.25) is 0 Å². The number of pyridine rings is 1. The topological polar surface area (TPSA) is 217 Å². The molecule has 4 aromatic heterocycles. The van der Waals surface area contributed by atoms with Crippen LogP contribution in [0.5, 0.6) is 0 Å². The minimum absolute atomic E-state index is 0.00695. The van der Waals surface area contributed by atoms with Crippen molar-refractivity contribution < 1.29 is 19.7 Å². The molecule has 6 aromatic rings. The molecule has 17 heteroatoms. The zero-order chi connectivity index (χ0) is 34.7. The summed E-state index contributed by atoms with van der Waals surface area (Å²) in [5.74, 6) is 0.996. The lowest BCUT2D eigenvalue weighted by atomic mass is 9.91. The first-order chi connectivity index (χ1) is 25.0. The Hall–Kier alpha value is -6.04. The second kappa shape index (κ2) is 14.1. The maximum atomic E-state index is 12.8. The number of carbonyl (C=O) groups is 1. The number of urea groups is 1. The molecule has 0 aliphatic carbocycles. The van der Waals surface area contributed by atoms with Gasteiger partial charge in [-0.2, -0.15) is 15.2 Å². The number of benzene rings is 2. The molecular formula is C34H35N13O4. The Bertz CT molecular complexity index is 2030. The largest absolute Gasteiger partial charge is 0.387 e. The molecular weight excluding hydrogens is 654 g/mol. The highest BCUT2D eigenvalue weighted by Crippen LogP contribution is 2.39. The van der Waals surface area contributed by atoms with Crippen molar-refractivity contribution in [2.75, 3.05) is 35.2 Å². The molecule has 17 nitrogen and oxygen atoms in total. The number of nitrogens with one attached hydrogen (secondary N) is 4. The molecule has 6 heterocycles. The van der Waals surface area contributed by atoms with E-state index in [4.69, 9.17) is 14.7 Å². The van der Waals surface area contributed by atoms with E-state index < -0.39 is 24.5 Å². The van der Waals surface area contributed by atoms with Crippen LogP contribution in [-0.2, 0) is 4.74 Å². The number of aromatic nitrogens is 9. The van der Waals surface area contributed by atoms with E-state index >= 15 is 0 Å². The Balaban J connectivity index is 1.10. The number of amides is 2. The molecule has 2 aliphatic heterocycles. The molecule has 0 spiro atoms. The maximum absolute atomic E-state index is 12.8. The van der Waals surface area contributed by atoms with Crippen molar-refractivity contribution in [3.05, 3.63) is 108 Å². The number of tetrazole rings is 1. The number of aromatic amines is 1. The normalized spacial score (nSPS) is 21.7. The lowest BCUT2D eigenvalue weighted by molar-refractivity contribution is -0.0383. The van der Waals surface area contributed by atoms with E-state index in [1.807, 2.05) is 41.3 Å². The van der Waals surface area contributed by atoms with Crippen molar-refractivity contribution in [2.45, 2.75) is 42.9 Å². The van der Waals surface area contributed by atoms with Crippen LogP contribution in [0.1, 0.15) is 41.6 Å². The van der Waals surface area contributed by atoms with Gasteiger partial charge in [-0.3, -0.25) is 9.55 Å². The number of ether oxygens (including phenoxy) is 1. The lowest BCUT2D eigenvalue weighted by Crippen LogP contribution is -2.40. The molecule has 2 saturated heterocycles. The first-order valence-corrected chi connectivity index (χ1v) is 16.6. The predicted octanol–water partition coefficient (Wildman–Crippen LogP) is 2.37. The van der Waals surface area contributed by atoms with Crippen LogP contribution < -0.4 is 20.9 Å². The highest BCUT2D eigenvalue weighted by molar-refractivity contribution is 5.89. The minimum Gasteiger partial charge on any atom is -0.387 e. The average molecular weight is 690 g/mol. The van der Waals surface area contributed by atoms with Gasteiger partial charge in [-0.1, -0.05) is 65.9 Å². The summed E-state index contributed by atoms with van der Waals surface area (Å²) in [7, 11) is 0. The monoisotopic (exact) mass is 689 g/mol. The number of fused-ring (bicyclic) bond motifs is 1. The van der Waals surface area contributed by atoms with Crippen LogP contribution in [0.25, 0.3) is 11.2 Å². The van der Waals surface area contributed by atoms with E-state index in [0.29, 0.717) is 54.7 Å². The summed E-state index contributed by atoms with van der Waals surface area (Å²) >= 11 is 0. The van der Waals surface area contributed by atoms with E-state index in [-0.39, 0.29) is 23.8 Å². The third-order valence-corrected chi connectivity index (χ3v) is 9.14. The van der Waals surface area contributed by atoms with Gasteiger partial charge in [0, 0.05) is 37.8 Å². The Labute approximate surface area is 291 Å². The Kier molecular flexibility index (Phi) is 8.87. The van der Waals surface area contributed by atoms with E-state index in [2.05, 4.69) is 70.8 Å². The van der Waals surface area contributed by atoms with Gasteiger partial charge in [0.05, 0.1) is 18.2 Å². The SMILES string of the molecule is O=C(Nc1cccnc1)NC1CCN(c2nc(NCC(c3ccccc3)c3ccccc3)c3ncn([C@@H]4O[C@H](c5nn[nH]n5)[C@@H](O)[C@H]4O)c3n2)C1. The number of carbonyl (C=O) groups excluding carboxylic acids is 1. The second-order valence-electron chi connectivity index (χ2n) is 12.4. The number of anilines is 3. The molecule has 51 heavy (non-hydrogen) atoms. The van der Waals surface area contributed by atoms with Gasteiger partial charge in [0.2, 0.25) is 11.8 Å². The van der Waals surface area contributed by atoms with Crippen LogP contribution >= 0.6 is 0 Å². The number of hydrogen-bond acceptors (Lipinski definition) is 13. The number of rotatable bonds is 10. The van der Waals surface area contributed by atoms with E-state index in [9.17, 15) is 15.0 Å². The van der Waals surface area contributed by atoms with Crippen molar-refractivity contribution in [3.63, 3.8) is 0 Å². The molecule has 0 bridgehead atoms. The fraction of sp³-hybridized carbons (Fsp3) is 0.294. The van der Waals surface area contributed by atoms with Crippen LogP contribution in [0.4, 0.5) is 22.2 Å². The van der Waals surface area contributed by atoms with Crippen LogP contribution in [0.3, 0.4) is 0 Å². The summed E-state index contributed by atoms with van der Waals surface area (Å²) in [6.45, 7) is 1.53. The molecule has 2 fully saturated rings. The van der Waals surface area contributed by atoms with Gasteiger partial charge in [-0.05, 0) is 29.7 Å². The van der Waals surface area contributed by atoms with E-state index in [1.54, 1.807) is 29.1 Å². The van der Waals surface area contributed by atoms with Gasteiger partial charge >= 0.3 is 6.03 Å². The number of aliphatic hydroxyl groups excluding tert-OH is 2. The summed E-state index contributed by atoms with van der Waals surface area (Å²) in [6.07, 6.45) is 0.630. The number of imidazole rings is 1. The van der Waals surface area contributed by atoms with Gasteiger partial charge in [0.25, 0.3) is 0 Å². The van der Waals surface area contributed by atoms with Crippen LogP contribution in [0, 0.1) is 0 Å². The minimum atomic E-state index is -1.35. The summed E-state index contributed by atoms with van der Waals surface area (Å²) in [5.41, 5.74) is 3.70. The Morgan fingerprint density at radius 2 is 1.78 bits per heavy atom. The fourth-order valence-corrected chi connectivity index (χ4v) is 6.60. The van der Waals surface area contributed by atoms with Crippen LogP contribution in [0.15, 0.2) is 91.5 Å². The van der Waals surface area contributed by atoms with Gasteiger partial charge in [-0.25, -0.2) is 9.78 Å². The first-order valence-electron chi connectivity index (χ1n) is 16.6. The Morgan fingerprint density at radius 1 is 1.00 bits per heavy atom. The molecule has 0 saturated carbocycles. The lowest BCUT2D eigenvalue weighted by Gasteiger charge is -2.22. The zero-order valence-corrected chi connectivity index (χ0v) is 27.2. The van der Waals surface area contributed by atoms with Crippen molar-refractivity contribution in [2.24, 2.45) is 0 Å². The summed E-state index contributed by atoms with van der Waals surface area (Å²) < 4.78 is 7.68. The highest BCUT2D eigenvalue weighted by Gasteiger charge is 2.47. The van der Waals surface area contributed by atoms with Crippen molar-refractivity contribution in [3.8, 4) is 0 Å². The molecule has 5 atom stereocenters. The molecule has 1 unspecified atom stereocenters. The van der Waals surface area contributed by atoms with E-state index in [1.165, 1.54) is 6.33 Å². The maximum Gasteiger partial charge on any atom is 0.319 e. The fourth-order valence-electron chi connectivity index (χ4n) is 6.60. The van der Waals surface area contributed by atoms with Gasteiger partial charge in [-0.15, -0.1) is 10.2 Å². The molecule has 2 amide bonds. The summed E-state index contributed by atoms with van der Waals surface area (Å²) in [6, 6.07) is 23.5. The smallest absolute Gasteiger partial charge is 0.319 e. The third-order valence-electron chi connectivity index (χ3n) is 9.14. The van der Waals surface area contributed by atoms with Crippen molar-refractivity contribution >= 4 is 34.6 Å². The summed E-state index contributed by atoms with van der Waals surface area (Å²) in [4.78, 5) is 33.3. The standard InChI is InChI=1S/C34H35N13O4/c48-26-27(49)32(51-28(26)30-42-44-45-43-30)47-19-37-25-29(36-17-24(20-8-3-1-4-9-20)21-10-5-2-6-11-21)40-33(41-31(25)47)46-15-13-23(18-46)39-34(50)38-22-12-7-14-35-16-22/h1-12,14,16,19,23-24,26-28,32,48-49H,13,15,17-18H2,(H,36,40,41)(H2,38,39,50)(H,42,43,44,45)/t23?,26-,27+,28-,32+/m0/s1. The first kappa shape index (κ1) is 32.2. The molecule has 0 radical (unpaired) electrons. The Morgan fingerprint density at radius 3 is 2.49 bits per heavy atom. The van der Waals surface area contributed by atoms with Gasteiger partial charge in [0.15, 0.2) is 29.3 Å². The molecule has 260 valence electrons. The zero-order valence-electron chi connectivity index (χ0n) is 27.2.